The zero-order valence-corrected chi connectivity index (χ0v) is 11.5. The van der Waals surface area contributed by atoms with E-state index in [0.717, 1.165) is 5.56 Å². The van der Waals surface area contributed by atoms with Crippen LogP contribution in [0, 0.1) is 0 Å². The summed E-state index contributed by atoms with van der Waals surface area (Å²) in [6.07, 6.45) is -0.0593. The van der Waals surface area contributed by atoms with Crippen LogP contribution in [0.1, 0.15) is 17.9 Å². The maximum atomic E-state index is 10.1. The zero-order chi connectivity index (χ0) is 13.5. The molecule has 0 saturated heterocycles. The summed E-state index contributed by atoms with van der Waals surface area (Å²) in [6.45, 7) is 0.808. The van der Waals surface area contributed by atoms with Crippen LogP contribution >= 0.6 is 11.6 Å². The Labute approximate surface area is 113 Å². The number of ether oxygens (including phenoxy) is 2. The molecule has 2 atom stereocenters. The van der Waals surface area contributed by atoms with Gasteiger partial charge in [-0.1, -0.05) is 11.6 Å². The number of halogens is 1. The molecule has 4 nitrogen and oxygen atoms in total. The second-order valence-corrected chi connectivity index (χ2v) is 4.51. The lowest BCUT2D eigenvalue weighted by Gasteiger charge is -2.23. The lowest BCUT2D eigenvalue weighted by Crippen LogP contribution is -2.27. The highest BCUT2D eigenvalue weighted by molar-refractivity contribution is 6.30. The van der Waals surface area contributed by atoms with Gasteiger partial charge in [-0.15, -0.1) is 0 Å². The Hall–Kier alpha value is -0.810. The highest BCUT2D eigenvalue weighted by atomic mass is 35.5. The van der Waals surface area contributed by atoms with Crippen LogP contribution in [0.5, 0.6) is 5.75 Å². The van der Waals surface area contributed by atoms with Crippen LogP contribution in [0.2, 0.25) is 5.02 Å². The first kappa shape index (κ1) is 15.2. The summed E-state index contributed by atoms with van der Waals surface area (Å²) in [6, 6.07) is 5.32. The fourth-order valence-corrected chi connectivity index (χ4v) is 2.11. The maximum absolute atomic E-state index is 10.1. The maximum Gasteiger partial charge on any atom is 0.122 e. The molecule has 0 amide bonds. The second-order valence-electron chi connectivity index (χ2n) is 4.08. The number of rotatable bonds is 7. The minimum atomic E-state index is -0.581. The van der Waals surface area contributed by atoms with Gasteiger partial charge in [-0.2, -0.15) is 0 Å². The molecule has 1 rings (SSSR count). The average Bonchev–Trinajstić information content (AvgIpc) is 2.37. The Morgan fingerprint density at radius 1 is 1.39 bits per heavy atom. The van der Waals surface area contributed by atoms with E-state index < -0.39 is 6.10 Å². The van der Waals surface area contributed by atoms with Crippen molar-refractivity contribution in [2.45, 2.75) is 18.4 Å². The number of aliphatic hydroxyl groups is 1. The van der Waals surface area contributed by atoms with Gasteiger partial charge in [-0.05, 0) is 24.6 Å². The van der Waals surface area contributed by atoms with Crippen molar-refractivity contribution >= 4 is 11.6 Å². The van der Waals surface area contributed by atoms with Gasteiger partial charge in [0.1, 0.15) is 5.75 Å². The average molecular weight is 274 g/mol. The Morgan fingerprint density at radius 2 is 2.11 bits per heavy atom. The molecule has 0 heterocycles. The lowest BCUT2D eigenvalue weighted by atomic mass is 9.91. The predicted molar refractivity (Wildman–Crippen MR) is 72.3 cm³/mol. The Bertz CT molecular complexity index is 373. The van der Waals surface area contributed by atoms with E-state index in [2.05, 4.69) is 0 Å². The molecule has 0 aliphatic heterocycles. The largest absolute Gasteiger partial charge is 0.496 e. The summed E-state index contributed by atoms with van der Waals surface area (Å²) in [7, 11) is 3.19. The van der Waals surface area contributed by atoms with Gasteiger partial charge in [0.15, 0.2) is 0 Å². The molecule has 0 aliphatic rings. The number of hydrogen-bond acceptors (Lipinski definition) is 4. The summed E-state index contributed by atoms with van der Waals surface area (Å²) in [4.78, 5) is 0. The molecule has 102 valence electrons. The fourth-order valence-electron chi connectivity index (χ4n) is 1.93. The van der Waals surface area contributed by atoms with Crippen LogP contribution in [0.25, 0.3) is 0 Å². The summed E-state index contributed by atoms with van der Waals surface area (Å²) in [5.74, 6) is 0.472. The Kier molecular flexibility index (Phi) is 6.43. The number of hydrogen-bond donors (Lipinski definition) is 2. The van der Waals surface area contributed by atoms with Crippen LogP contribution in [-0.2, 0) is 4.74 Å². The summed E-state index contributed by atoms with van der Waals surface area (Å²) < 4.78 is 10.2. The normalized spacial score (nSPS) is 14.3. The van der Waals surface area contributed by atoms with E-state index >= 15 is 0 Å². The smallest absolute Gasteiger partial charge is 0.122 e. The van der Waals surface area contributed by atoms with Crippen molar-refractivity contribution in [2.24, 2.45) is 5.73 Å². The molecule has 3 N–H and O–H groups in total. The van der Waals surface area contributed by atoms with E-state index in [-0.39, 0.29) is 5.92 Å². The third-order valence-electron chi connectivity index (χ3n) is 2.93. The van der Waals surface area contributed by atoms with Gasteiger partial charge >= 0.3 is 0 Å². The first-order chi connectivity index (χ1) is 8.63. The van der Waals surface area contributed by atoms with Crippen molar-refractivity contribution in [2.75, 3.05) is 27.4 Å². The Balaban J connectivity index is 2.96. The van der Waals surface area contributed by atoms with E-state index in [1.807, 2.05) is 0 Å². The van der Waals surface area contributed by atoms with Crippen LogP contribution in [-0.4, -0.2) is 38.6 Å². The van der Waals surface area contributed by atoms with Gasteiger partial charge in [0.25, 0.3) is 0 Å². The van der Waals surface area contributed by atoms with Gasteiger partial charge in [0, 0.05) is 36.8 Å². The minimum absolute atomic E-state index is 0.214. The molecule has 0 saturated carbocycles. The third-order valence-corrected chi connectivity index (χ3v) is 3.16. The number of methoxy groups -OCH3 is 2. The molecule has 0 spiro atoms. The minimum Gasteiger partial charge on any atom is -0.496 e. The van der Waals surface area contributed by atoms with Crippen LogP contribution in [0.3, 0.4) is 0 Å². The van der Waals surface area contributed by atoms with Gasteiger partial charge in [0.05, 0.1) is 13.2 Å². The first-order valence-corrected chi connectivity index (χ1v) is 6.22. The van der Waals surface area contributed by atoms with Crippen LogP contribution < -0.4 is 10.5 Å². The van der Waals surface area contributed by atoms with Gasteiger partial charge in [-0.3, -0.25) is 0 Å². The van der Waals surface area contributed by atoms with Crippen molar-refractivity contribution in [1.82, 2.24) is 0 Å². The van der Waals surface area contributed by atoms with Gasteiger partial charge < -0.3 is 20.3 Å². The number of benzene rings is 1. The molecule has 0 fully saturated rings. The highest BCUT2D eigenvalue weighted by Crippen LogP contribution is 2.32. The standard InChI is InChI=1S/C13H20ClNO3/c1-17-6-5-12(16)11(8-15)10-7-9(14)3-4-13(10)18-2/h3-4,7,11-12,16H,5-6,8,15H2,1-2H3. The third kappa shape index (κ3) is 3.85. The van der Waals surface area contributed by atoms with Crippen LogP contribution in [0.15, 0.2) is 18.2 Å². The predicted octanol–water partition coefficient (Wildman–Crippen LogP) is 1.79. The molecule has 0 bridgehead atoms. The first-order valence-electron chi connectivity index (χ1n) is 5.84. The SMILES string of the molecule is COCCC(O)C(CN)c1cc(Cl)ccc1OC. The zero-order valence-electron chi connectivity index (χ0n) is 10.7. The molecule has 0 radical (unpaired) electrons. The summed E-state index contributed by atoms with van der Waals surface area (Å²) in [5.41, 5.74) is 6.58. The van der Waals surface area contributed by atoms with Crippen molar-refractivity contribution in [3.05, 3.63) is 28.8 Å². The van der Waals surface area contributed by atoms with E-state index in [0.29, 0.717) is 30.3 Å². The monoisotopic (exact) mass is 273 g/mol. The molecule has 2 unspecified atom stereocenters. The van der Waals surface area contributed by atoms with Crippen LogP contribution in [0.4, 0.5) is 0 Å². The quantitative estimate of drug-likeness (QED) is 0.795. The molecule has 18 heavy (non-hydrogen) atoms. The van der Waals surface area contributed by atoms with Crippen molar-refractivity contribution in [3.8, 4) is 5.75 Å². The van der Waals surface area contributed by atoms with Crippen molar-refractivity contribution < 1.29 is 14.6 Å². The summed E-state index contributed by atoms with van der Waals surface area (Å²) in [5, 5.41) is 10.7. The van der Waals surface area contributed by atoms with E-state index in [1.54, 1.807) is 32.4 Å². The Morgan fingerprint density at radius 3 is 2.67 bits per heavy atom. The number of nitrogens with two attached hydrogens (primary N) is 1. The van der Waals surface area contributed by atoms with E-state index in [1.165, 1.54) is 0 Å². The molecule has 0 aromatic heterocycles. The molecule has 0 aliphatic carbocycles. The molecule has 5 heteroatoms. The second kappa shape index (κ2) is 7.59. The van der Waals surface area contributed by atoms with Crippen molar-refractivity contribution in [1.29, 1.82) is 0 Å². The molecular weight excluding hydrogens is 254 g/mol. The highest BCUT2D eigenvalue weighted by Gasteiger charge is 2.23. The van der Waals surface area contributed by atoms with Gasteiger partial charge in [0.2, 0.25) is 0 Å². The molecule has 1 aromatic rings. The van der Waals surface area contributed by atoms with Crippen molar-refractivity contribution in [3.63, 3.8) is 0 Å². The molecular formula is C13H20ClNO3. The summed E-state index contributed by atoms with van der Waals surface area (Å²) >= 11 is 5.98. The van der Waals surface area contributed by atoms with E-state index in [9.17, 15) is 5.11 Å². The fraction of sp³-hybridized carbons (Fsp3) is 0.538. The topological polar surface area (TPSA) is 64.7 Å². The lowest BCUT2D eigenvalue weighted by molar-refractivity contribution is 0.0913. The van der Waals surface area contributed by atoms with Gasteiger partial charge in [-0.25, -0.2) is 0 Å². The number of aliphatic hydroxyl groups excluding tert-OH is 1. The van der Waals surface area contributed by atoms with E-state index in [4.69, 9.17) is 26.8 Å². The molecule has 1 aromatic carbocycles.